The Morgan fingerprint density at radius 3 is 2.00 bits per heavy atom. The first-order valence-electron chi connectivity index (χ1n) is 9.65. The van der Waals surface area contributed by atoms with Crippen molar-refractivity contribution in [3.8, 4) is 0 Å². The van der Waals surface area contributed by atoms with Gasteiger partial charge in [0.1, 0.15) is 0 Å². The molecule has 1 heterocycles. The van der Waals surface area contributed by atoms with Crippen LogP contribution in [0.4, 0.5) is 10.5 Å². The second kappa shape index (κ2) is 9.23. The first kappa shape index (κ1) is 20.4. The van der Waals surface area contributed by atoms with E-state index in [4.69, 9.17) is 4.74 Å². The number of nitrogens with zero attached hydrogens (tertiary/aromatic N) is 3. The zero-order chi connectivity index (χ0) is 20.8. The molecule has 0 aromatic heterocycles. The van der Waals surface area contributed by atoms with Crippen LogP contribution >= 0.6 is 0 Å². The van der Waals surface area contributed by atoms with Crippen LogP contribution in [0.1, 0.15) is 27.6 Å². The van der Waals surface area contributed by atoms with Gasteiger partial charge in [0, 0.05) is 50.0 Å². The maximum atomic E-state index is 12.7. The molecule has 29 heavy (non-hydrogen) atoms. The molecule has 7 nitrogen and oxygen atoms in total. The first-order valence-corrected chi connectivity index (χ1v) is 9.65. The zero-order valence-corrected chi connectivity index (χ0v) is 16.7. The Balaban J connectivity index is 1.61. The Labute approximate surface area is 170 Å². The highest BCUT2D eigenvalue weighted by molar-refractivity contribution is 6.06. The van der Waals surface area contributed by atoms with Gasteiger partial charge in [-0.05, 0) is 43.3 Å². The van der Waals surface area contributed by atoms with Crippen molar-refractivity contribution < 1.29 is 19.1 Å². The molecule has 0 aliphatic carbocycles. The van der Waals surface area contributed by atoms with Gasteiger partial charge in [0.05, 0.1) is 6.61 Å². The third kappa shape index (κ3) is 4.74. The van der Waals surface area contributed by atoms with E-state index < -0.39 is 0 Å². The maximum Gasteiger partial charge on any atom is 0.409 e. The van der Waals surface area contributed by atoms with Gasteiger partial charge < -0.3 is 19.4 Å². The summed E-state index contributed by atoms with van der Waals surface area (Å²) in [5.41, 5.74) is 1.84. The number of hydrogen-bond donors (Lipinski definition) is 0. The Bertz CT molecular complexity index is 859. The molecule has 3 rings (SSSR count). The predicted molar refractivity (Wildman–Crippen MR) is 110 cm³/mol. The number of para-hydroxylation sites is 1. The highest BCUT2D eigenvalue weighted by Crippen LogP contribution is 2.16. The third-order valence-electron chi connectivity index (χ3n) is 4.92. The highest BCUT2D eigenvalue weighted by Gasteiger charge is 2.25. The van der Waals surface area contributed by atoms with Crippen molar-refractivity contribution in [2.24, 2.45) is 0 Å². The van der Waals surface area contributed by atoms with Crippen LogP contribution < -0.4 is 4.90 Å². The van der Waals surface area contributed by atoms with E-state index in [0.29, 0.717) is 43.9 Å². The summed E-state index contributed by atoms with van der Waals surface area (Å²) in [6, 6.07) is 16.1. The number of amides is 3. The molecular weight excluding hydrogens is 370 g/mol. The Morgan fingerprint density at radius 2 is 1.41 bits per heavy atom. The quantitative estimate of drug-likeness (QED) is 0.798. The topological polar surface area (TPSA) is 70.2 Å². The van der Waals surface area contributed by atoms with Gasteiger partial charge in [-0.15, -0.1) is 0 Å². The van der Waals surface area contributed by atoms with Crippen molar-refractivity contribution in [2.45, 2.75) is 6.92 Å². The normalized spacial score (nSPS) is 13.7. The van der Waals surface area contributed by atoms with Gasteiger partial charge in [-0.3, -0.25) is 9.59 Å². The van der Waals surface area contributed by atoms with Crippen LogP contribution in [0.3, 0.4) is 0 Å². The number of anilines is 1. The highest BCUT2D eigenvalue weighted by atomic mass is 16.6. The van der Waals surface area contributed by atoms with Gasteiger partial charge in [-0.2, -0.15) is 0 Å². The van der Waals surface area contributed by atoms with Crippen LogP contribution in [0.15, 0.2) is 54.6 Å². The predicted octanol–water partition coefficient (Wildman–Crippen LogP) is 2.88. The van der Waals surface area contributed by atoms with Crippen molar-refractivity contribution >= 4 is 23.6 Å². The first-order chi connectivity index (χ1) is 14.0. The molecule has 1 fully saturated rings. The molecule has 0 spiro atoms. The molecule has 1 aliphatic rings. The van der Waals surface area contributed by atoms with E-state index >= 15 is 0 Å². The summed E-state index contributed by atoms with van der Waals surface area (Å²) in [5, 5.41) is 0. The molecule has 1 aliphatic heterocycles. The minimum atomic E-state index is -0.343. The van der Waals surface area contributed by atoms with E-state index in [9.17, 15) is 14.4 Å². The van der Waals surface area contributed by atoms with Crippen LogP contribution in [-0.2, 0) is 4.74 Å². The van der Waals surface area contributed by atoms with E-state index in [-0.39, 0.29) is 17.9 Å². The summed E-state index contributed by atoms with van der Waals surface area (Å²) < 4.78 is 5.00. The number of hydrogen-bond acceptors (Lipinski definition) is 4. The van der Waals surface area contributed by atoms with Crippen molar-refractivity contribution in [2.75, 3.05) is 44.7 Å². The van der Waals surface area contributed by atoms with E-state index in [0.717, 1.165) is 5.69 Å². The van der Waals surface area contributed by atoms with Gasteiger partial charge in [0.25, 0.3) is 11.8 Å². The number of carbonyl (C=O) groups is 3. The molecule has 0 saturated carbocycles. The average molecular weight is 395 g/mol. The fourth-order valence-corrected chi connectivity index (χ4v) is 3.21. The second-order valence-corrected chi connectivity index (χ2v) is 6.76. The lowest BCUT2D eigenvalue weighted by molar-refractivity contribution is 0.0570. The lowest BCUT2D eigenvalue weighted by atomic mass is 10.1. The molecule has 0 unspecified atom stereocenters. The summed E-state index contributed by atoms with van der Waals surface area (Å²) in [6.07, 6.45) is -0.343. The SMILES string of the molecule is CCOC(=O)N1CCN(C(=O)c2ccc(C(=O)N(C)c3ccccc3)cc2)CC1. The number of piperazine rings is 1. The summed E-state index contributed by atoms with van der Waals surface area (Å²) in [7, 11) is 1.72. The Kier molecular flexibility index (Phi) is 6.49. The van der Waals surface area contributed by atoms with E-state index in [1.807, 2.05) is 30.3 Å². The number of carbonyl (C=O) groups excluding carboxylic acids is 3. The molecule has 0 radical (unpaired) electrons. The molecular formula is C22H25N3O4. The second-order valence-electron chi connectivity index (χ2n) is 6.76. The van der Waals surface area contributed by atoms with Gasteiger partial charge in [-0.25, -0.2) is 4.79 Å². The summed E-state index contributed by atoms with van der Waals surface area (Å²) >= 11 is 0. The largest absolute Gasteiger partial charge is 0.450 e. The van der Waals surface area contributed by atoms with Gasteiger partial charge in [0.15, 0.2) is 0 Å². The summed E-state index contributed by atoms with van der Waals surface area (Å²) in [4.78, 5) is 42.1. The lowest BCUT2D eigenvalue weighted by Gasteiger charge is -2.34. The standard InChI is InChI=1S/C22H25N3O4/c1-3-29-22(28)25-15-13-24(14-16-25)21(27)18-11-9-17(10-12-18)20(26)23(2)19-7-5-4-6-8-19/h4-12H,3,13-16H2,1-2H3. The number of ether oxygens (including phenoxy) is 1. The average Bonchev–Trinajstić information content (AvgIpc) is 2.78. The maximum absolute atomic E-state index is 12.7. The summed E-state index contributed by atoms with van der Waals surface area (Å²) in [5.74, 6) is -0.248. The van der Waals surface area contributed by atoms with Crippen molar-refractivity contribution in [1.29, 1.82) is 0 Å². The molecule has 1 saturated heterocycles. The molecule has 7 heteroatoms. The van der Waals surface area contributed by atoms with E-state index in [2.05, 4.69) is 0 Å². The van der Waals surface area contributed by atoms with Gasteiger partial charge in [0.2, 0.25) is 0 Å². The summed E-state index contributed by atoms with van der Waals surface area (Å²) in [6.45, 7) is 3.91. The number of benzene rings is 2. The van der Waals surface area contributed by atoms with Crippen LogP contribution in [-0.4, -0.2) is 67.5 Å². The lowest BCUT2D eigenvalue weighted by Crippen LogP contribution is -2.50. The van der Waals surface area contributed by atoms with Crippen LogP contribution in [0, 0.1) is 0 Å². The van der Waals surface area contributed by atoms with E-state index in [1.54, 1.807) is 52.9 Å². The fraction of sp³-hybridized carbons (Fsp3) is 0.318. The Morgan fingerprint density at radius 1 is 0.862 bits per heavy atom. The molecule has 2 aromatic carbocycles. The van der Waals surface area contributed by atoms with Crippen LogP contribution in [0.5, 0.6) is 0 Å². The van der Waals surface area contributed by atoms with Crippen molar-refractivity contribution in [1.82, 2.24) is 9.80 Å². The van der Waals surface area contributed by atoms with Crippen molar-refractivity contribution in [3.05, 3.63) is 65.7 Å². The molecule has 3 amide bonds. The fourth-order valence-electron chi connectivity index (χ4n) is 3.21. The molecule has 0 N–H and O–H groups in total. The van der Waals surface area contributed by atoms with Crippen LogP contribution in [0.2, 0.25) is 0 Å². The smallest absolute Gasteiger partial charge is 0.409 e. The zero-order valence-electron chi connectivity index (χ0n) is 16.7. The van der Waals surface area contributed by atoms with Crippen LogP contribution in [0.25, 0.3) is 0 Å². The third-order valence-corrected chi connectivity index (χ3v) is 4.92. The minimum Gasteiger partial charge on any atom is -0.450 e. The number of rotatable bonds is 4. The Hall–Kier alpha value is -3.35. The monoisotopic (exact) mass is 395 g/mol. The molecule has 0 bridgehead atoms. The molecule has 2 aromatic rings. The van der Waals surface area contributed by atoms with Gasteiger partial charge >= 0.3 is 6.09 Å². The molecule has 152 valence electrons. The molecule has 0 atom stereocenters. The van der Waals surface area contributed by atoms with Crippen molar-refractivity contribution in [3.63, 3.8) is 0 Å². The van der Waals surface area contributed by atoms with E-state index in [1.165, 1.54) is 0 Å². The minimum absolute atomic E-state index is 0.107. The van der Waals surface area contributed by atoms with Gasteiger partial charge in [-0.1, -0.05) is 18.2 Å².